The Morgan fingerprint density at radius 3 is 2.51 bits per heavy atom. The topological polar surface area (TPSA) is 83.4 Å². The van der Waals surface area contributed by atoms with Crippen molar-refractivity contribution in [3.05, 3.63) is 118 Å². The second-order valence-electron chi connectivity index (χ2n) is 8.14. The zero-order chi connectivity index (χ0) is 24.5. The van der Waals surface area contributed by atoms with E-state index in [4.69, 9.17) is 0 Å². The highest BCUT2D eigenvalue weighted by molar-refractivity contribution is 7.17. The molecule has 0 spiro atoms. The minimum absolute atomic E-state index is 0.0446. The third kappa shape index (κ3) is 4.24. The predicted molar refractivity (Wildman–Crippen MR) is 130 cm³/mol. The molecule has 0 fully saturated rings. The average molecular weight is 486 g/mol. The number of benzene rings is 2. The summed E-state index contributed by atoms with van der Waals surface area (Å²) in [4.78, 5) is 37.4. The molecule has 0 aliphatic carbocycles. The molecule has 35 heavy (non-hydrogen) atoms. The van der Waals surface area contributed by atoms with E-state index in [0.717, 1.165) is 11.1 Å². The van der Waals surface area contributed by atoms with Crippen LogP contribution in [-0.4, -0.2) is 31.7 Å². The Kier molecular flexibility index (Phi) is 5.96. The fraction of sp³-hybridized carbons (Fsp3) is 0.111. The lowest BCUT2D eigenvalue weighted by Gasteiger charge is -2.26. The van der Waals surface area contributed by atoms with Crippen molar-refractivity contribution in [2.45, 2.75) is 19.5 Å². The fourth-order valence-corrected chi connectivity index (χ4v) is 5.19. The molecule has 5 rings (SSSR count). The fourth-order valence-electron chi connectivity index (χ4n) is 4.16. The Hall–Kier alpha value is -4.17. The van der Waals surface area contributed by atoms with Crippen LogP contribution >= 0.6 is 11.3 Å². The number of hydrogen-bond acceptors (Lipinski definition) is 6. The smallest absolute Gasteiger partial charge is 0.290 e. The first-order valence-electron chi connectivity index (χ1n) is 10.9. The van der Waals surface area contributed by atoms with Gasteiger partial charge in [-0.2, -0.15) is 0 Å². The summed E-state index contributed by atoms with van der Waals surface area (Å²) in [6.07, 6.45) is 3.24. The monoisotopic (exact) mass is 485 g/mol. The van der Waals surface area contributed by atoms with Crippen LogP contribution in [0.5, 0.6) is 0 Å². The molecule has 2 aromatic carbocycles. The number of carbonyl (C=O) groups is 2. The van der Waals surface area contributed by atoms with Gasteiger partial charge in [-0.25, -0.2) is 9.37 Å². The van der Waals surface area contributed by atoms with Gasteiger partial charge in [0.25, 0.3) is 5.91 Å². The van der Waals surface area contributed by atoms with Gasteiger partial charge in [-0.3, -0.25) is 14.6 Å². The lowest BCUT2D eigenvalue weighted by molar-refractivity contribution is -0.130. The number of carbonyl (C=O) groups excluding carboxylic acids is 2. The number of aryl methyl sites for hydroxylation is 1. The first kappa shape index (κ1) is 22.6. The summed E-state index contributed by atoms with van der Waals surface area (Å²) < 4.78 is 13.7. The standard InChI is InChI=1S/C27H20FN3O3S/c1-16-25(35-26(30-16)19-7-3-2-4-8-19)23(32)21-22(18-9-11-20(28)12-10-18)31(27(34)24(21)33)15-17-6-5-13-29-14-17/h2-14,22,33H,15H2,1H3. The van der Waals surface area contributed by atoms with Crippen LogP contribution in [0.1, 0.15) is 32.5 Å². The van der Waals surface area contributed by atoms with Gasteiger partial charge in [0.2, 0.25) is 5.78 Å². The number of hydrogen-bond donors (Lipinski definition) is 1. The van der Waals surface area contributed by atoms with E-state index in [0.29, 0.717) is 21.1 Å². The molecule has 0 saturated carbocycles. The first-order chi connectivity index (χ1) is 16.9. The summed E-state index contributed by atoms with van der Waals surface area (Å²) in [5, 5.41) is 11.6. The summed E-state index contributed by atoms with van der Waals surface area (Å²) in [7, 11) is 0. The highest BCUT2D eigenvalue weighted by Gasteiger charge is 2.44. The number of amides is 1. The van der Waals surface area contributed by atoms with Crippen molar-refractivity contribution < 1.29 is 19.1 Å². The maximum absolute atomic E-state index is 13.8. The molecule has 0 bridgehead atoms. The molecule has 3 heterocycles. The normalized spacial score (nSPS) is 15.7. The van der Waals surface area contributed by atoms with Gasteiger partial charge in [-0.05, 0) is 36.2 Å². The van der Waals surface area contributed by atoms with Crippen LogP contribution in [0.15, 0.2) is 90.5 Å². The van der Waals surface area contributed by atoms with Gasteiger partial charge in [-0.1, -0.05) is 48.5 Å². The molecule has 1 aliphatic heterocycles. The quantitative estimate of drug-likeness (QED) is 0.368. The molecule has 1 unspecified atom stereocenters. The minimum atomic E-state index is -0.891. The number of thiazole rings is 1. The number of ketones is 1. The lowest BCUT2D eigenvalue weighted by Crippen LogP contribution is -2.30. The molecular formula is C27H20FN3O3S. The summed E-state index contributed by atoms with van der Waals surface area (Å²) in [6.45, 7) is 1.84. The zero-order valence-electron chi connectivity index (χ0n) is 18.7. The van der Waals surface area contributed by atoms with E-state index in [1.807, 2.05) is 30.3 Å². The predicted octanol–water partition coefficient (Wildman–Crippen LogP) is 5.43. The number of nitrogens with zero attached hydrogens (tertiary/aromatic N) is 3. The Morgan fingerprint density at radius 1 is 1.09 bits per heavy atom. The van der Waals surface area contributed by atoms with Crippen LogP contribution in [0.4, 0.5) is 4.39 Å². The summed E-state index contributed by atoms with van der Waals surface area (Å²) in [6, 6.07) is 17.7. The summed E-state index contributed by atoms with van der Waals surface area (Å²) in [5.74, 6) is -2.20. The van der Waals surface area contributed by atoms with Crippen LogP contribution in [0.3, 0.4) is 0 Å². The van der Waals surface area contributed by atoms with Gasteiger partial charge in [0.1, 0.15) is 10.8 Å². The number of rotatable bonds is 6. The van der Waals surface area contributed by atoms with Gasteiger partial charge in [0.05, 0.1) is 22.2 Å². The van der Waals surface area contributed by atoms with Crippen LogP contribution in [0, 0.1) is 12.7 Å². The van der Waals surface area contributed by atoms with Crippen molar-refractivity contribution in [3.63, 3.8) is 0 Å². The van der Waals surface area contributed by atoms with Crippen molar-refractivity contribution >= 4 is 23.0 Å². The number of aromatic nitrogens is 2. The average Bonchev–Trinajstić information content (AvgIpc) is 3.38. The Morgan fingerprint density at radius 2 is 1.83 bits per heavy atom. The minimum Gasteiger partial charge on any atom is -0.503 e. The van der Waals surface area contributed by atoms with Crippen LogP contribution < -0.4 is 0 Å². The molecule has 8 heteroatoms. The molecule has 1 amide bonds. The van der Waals surface area contributed by atoms with Crippen molar-refractivity contribution in [1.29, 1.82) is 0 Å². The SMILES string of the molecule is Cc1nc(-c2ccccc2)sc1C(=O)C1=C(O)C(=O)N(Cc2cccnc2)C1c1ccc(F)cc1. The van der Waals surface area contributed by atoms with E-state index in [-0.39, 0.29) is 12.1 Å². The van der Waals surface area contributed by atoms with Crippen molar-refractivity contribution in [2.24, 2.45) is 0 Å². The van der Waals surface area contributed by atoms with Crippen LogP contribution in [0.25, 0.3) is 10.6 Å². The van der Waals surface area contributed by atoms with Crippen molar-refractivity contribution in [3.8, 4) is 10.6 Å². The molecule has 0 radical (unpaired) electrons. The highest BCUT2D eigenvalue weighted by atomic mass is 32.1. The molecule has 2 aromatic heterocycles. The first-order valence-corrected chi connectivity index (χ1v) is 11.7. The second kappa shape index (κ2) is 9.23. The van der Waals surface area contributed by atoms with E-state index >= 15 is 0 Å². The Bertz CT molecular complexity index is 1430. The molecule has 4 aromatic rings. The third-order valence-corrected chi connectivity index (χ3v) is 7.04. The van der Waals surface area contributed by atoms with Gasteiger partial charge in [-0.15, -0.1) is 11.3 Å². The number of pyridine rings is 1. The molecular weight excluding hydrogens is 465 g/mol. The maximum Gasteiger partial charge on any atom is 0.290 e. The molecule has 0 saturated heterocycles. The van der Waals surface area contributed by atoms with E-state index in [1.165, 1.54) is 40.5 Å². The van der Waals surface area contributed by atoms with E-state index in [2.05, 4.69) is 9.97 Å². The highest BCUT2D eigenvalue weighted by Crippen LogP contribution is 2.41. The van der Waals surface area contributed by atoms with E-state index in [9.17, 15) is 19.1 Å². The summed E-state index contributed by atoms with van der Waals surface area (Å²) in [5.41, 5.74) is 2.58. The maximum atomic E-state index is 13.8. The number of aliphatic hydroxyl groups is 1. The van der Waals surface area contributed by atoms with Gasteiger partial charge >= 0.3 is 0 Å². The number of aliphatic hydroxyl groups excluding tert-OH is 1. The third-order valence-electron chi connectivity index (χ3n) is 5.83. The number of Topliss-reactive ketones (excluding diaryl/α,β-unsaturated/α-hetero) is 1. The van der Waals surface area contributed by atoms with E-state index in [1.54, 1.807) is 31.5 Å². The van der Waals surface area contributed by atoms with Crippen LogP contribution in [0.2, 0.25) is 0 Å². The number of halogens is 1. The van der Waals surface area contributed by atoms with Crippen molar-refractivity contribution in [1.82, 2.24) is 14.9 Å². The van der Waals surface area contributed by atoms with Crippen LogP contribution in [-0.2, 0) is 11.3 Å². The second-order valence-corrected chi connectivity index (χ2v) is 9.14. The van der Waals surface area contributed by atoms with Gasteiger partial charge < -0.3 is 10.0 Å². The largest absolute Gasteiger partial charge is 0.503 e. The Balaban J connectivity index is 1.58. The molecule has 1 aliphatic rings. The summed E-state index contributed by atoms with van der Waals surface area (Å²) >= 11 is 1.21. The zero-order valence-corrected chi connectivity index (χ0v) is 19.5. The van der Waals surface area contributed by atoms with Gasteiger partial charge in [0.15, 0.2) is 5.76 Å². The molecule has 1 atom stereocenters. The molecule has 6 nitrogen and oxygen atoms in total. The van der Waals surface area contributed by atoms with Gasteiger partial charge in [0, 0.05) is 24.5 Å². The van der Waals surface area contributed by atoms with E-state index < -0.39 is 29.3 Å². The lowest BCUT2D eigenvalue weighted by atomic mass is 9.95. The Labute approximate surface area is 205 Å². The van der Waals surface area contributed by atoms with Crippen molar-refractivity contribution in [2.75, 3.05) is 0 Å². The molecule has 1 N–H and O–H groups in total. The molecule has 174 valence electrons.